The Morgan fingerprint density at radius 1 is 1.40 bits per heavy atom. The Kier molecular flexibility index (Phi) is 4.79. The second kappa shape index (κ2) is 6.56. The number of nitro benzene ring substituents is 1. The molecule has 0 aromatic heterocycles. The first-order chi connectivity index (χ1) is 9.63. The highest BCUT2D eigenvalue weighted by Gasteiger charge is 2.30. The molecule has 1 fully saturated rings. The van der Waals surface area contributed by atoms with Gasteiger partial charge in [0.25, 0.3) is 0 Å². The van der Waals surface area contributed by atoms with Gasteiger partial charge in [-0.1, -0.05) is 13.0 Å². The Labute approximate surface area is 118 Å². The third-order valence-electron chi connectivity index (χ3n) is 3.39. The van der Waals surface area contributed by atoms with Gasteiger partial charge in [-0.2, -0.15) is 0 Å². The van der Waals surface area contributed by atoms with Crippen molar-refractivity contribution >= 4 is 5.69 Å². The molecule has 2 unspecified atom stereocenters. The van der Waals surface area contributed by atoms with Crippen molar-refractivity contribution in [2.75, 3.05) is 6.61 Å². The number of ether oxygens (including phenoxy) is 2. The number of benzene rings is 1. The predicted molar refractivity (Wildman–Crippen MR) is 75.1 cm³/mol. The highest BCUT2D eigenvalue weighted by Crippen LogP contribution is 2.38. The molecule has 1 aromatic carbocycles. The lowest BCUT2D eigenvalue weighted by atomic mass is 10.2. The normalized spacial score (nSPS) is 21.7. The van der Waals surface area contributed by atoms with Gasteiger partial charge in [-0.15, -0.1) is 0 Å². The third-order valence-corrected chi connectivity index (χ3v) is 3.39. The molecule has 0 heterocycles. The summed E-state index contributed by atoms with van der Waals surface area (Å²) >= 11 is 0. The molecule has 20 heavy (non-hydrogen) atoms. The number of nitrogens with zero attached hydrogens (tertiary/aromatic N) is 1. The summed E-state index contributed by atoms with van der Waals surface area (Å²) in [6, 6.07) is 4.83. The van der Waals surface area contributed by atoms with E-state index in [1.807, 2.05) is 6.92 Å². The maximum atomic E-state index is 11.3. The van der Waals surface area contributed by atoms with Gasteiger partial charge in [0.15, 0.2) is 0 Å². The number of hydrogen-bond donors (Lipinski definition) is 1. The molecule has 6 nitrogen and oxygen atoms in total. The summed E-state index contributed by atoms with van der Waals surface area (Å²) < 4.78 is 11.2. The van der Waals surface area contributed by atoms with Crippen LogP contribution in [0.4, 0.5) is 5.69 Å². The minimum Gasteiger partial charge on any atom is -0.487 e. The van der Waals surface area contributed by atoms with Crippen LogP contribution in [0.5, 0.6) is 11.5 Å². The SMILES string of the molecule is CCCOc1cccc(OC2CCCC2N)c1[N+](=O)[O-]. The summed E-state index contributed by atoms with van der Waals surface area (Å²) in [7, 11) is 0. The number of rotatable bonds is 6. The van der Waals surface area contributed by atoms with Gasteiger partial charge in [-0.05, 0) is 37.8 Å². The second-order valence-electron chi connectivity index (χ2n) is 4.96. The van der Waals surface area contributed by atoms with E-state index in [0.29, 0.717) is 6.61 Å². The highest BCUT2D eigenvalue weighted by molar-refractivity contribution is 5.57. The predicted octanol–water partition coefficient (Wildman–Crippen LogP) is 2.64. The summed E-state index contributed by atoms with van der Waals surface area (Å²) in [5, 5.41) is 11.3. The molecule has 6 heteroatoms. The van der Waals surface area contributed by atoms with Crippen molar-refractivity contribution < 1.29 is 14.4 Å². The maximum Gasteiger partial charge on any atom is 0.352 e. The van der Waals surface area contributed by atoms with E-state index in [9.17, 15) is 10.1 Å². The zero-order chi connectivity index (χ0) is 14.5. The van der Waals surface area contributed by atoms with E-state index < -0.39 is 4.92 Å². The van der Waals surface area contributed by atoms with Gasteiger partial charge in [-0.25, -0.2) is 0 Å². The van der Waals surface area contributed by atoms with Gasteiger partial charge in [0.05, 0.1) is 11.5 Å². The lowest BCUT2D eigenvalue weighted by Gasteiger charge is -2.18. The number of hydrogen-bond acceptors (Lipinski definition) is 5. The summed E-state index contributed by atoms with van der Waals surface area (Å²) in [6.07, 6.45) is 3.35. The fraction of sp³-hybridized carbons (Fsp3) is 0.571. The Balaban J connectivity index is 2.24. The molecular formula is C14H20N2O4. The second-order valence-corrected chi connectivity index (χ2v) is 4.96. The first-order valence-electron chi connectivity index (χ1n) is 6.96. The van der Waals surface area contributed by atoms with Crippen molar-refractivity contribution in [3.05, 3.63) is 28.3 Å². The van der Waals surface area contributed by atoms with Crippen LogP contribution in [0.15, 0.2) is 18.2 Å². The van der Waals surface area contributed by atoms with Gasteiger partial charge in [0, 0.05) is 6.04 Å². The molecule has 0 spiro atoms. The minimum atomic E-state index is -0.458. The van der Waals surface area contributed by atoms with Crippen LogP contribution < -0.4 is 15.2 Å². The molecule has 110 valence electrons. The smallest absolute Gasteiger partial charge is 0.352 e. The molecule has 0 amide bonds. The molecule has 2 atom stereocenters. The molecule has 1 aromatic rings. The Bertz CT molecular complexity index is 478. The topological polar surface area (TPSA) is 87.6 Å². The minimum absolute atomic E-state index is 0.0604. The Hall–Kier alpha value is -1.82. The fourth-order valence-electron chi connectivity index (χ4n) is 2.37. The standard InChI is InChI=1S/C14H20N2O4/c1-2-9-19-12-7-4-8-13(14(12)16(17)18)20-11-6-3-5-10(11)15/h4,7-8,10-11H,2-3,5-6,9,15H2,1H3. The van der Waals surface area contributed by atoms with E-state index >= 15 is 0 Å². The van der Waals surface area contributed by atoms with Gasteiger partial charge in [-0.3, -0.25) is 10.1 Å². The van der Waals surface area contributed by atoms with E-state index in [1.165, 1.54) is 0 Å². The summed E-state index contributed by atoms with van der Waals surface area (Å²) in [5.41, 5.74) is 5.83. The van der Waals surface area contributed by atoms with E-state index in [0.717, 1.165) is 25.7 Å². The monoisotopic (exact) mass is 280 g/mol. The van der Waals surface area contributed by atoms with Crippen LogP contribution in [0, 0.1) is 10.1 Å². The van der Waals surface area contributed by atoms with Crippen LogP contribution >= 0.6 is 0 Å². The Morgan fingerprint density at radius 2 is 2.15 bits per heavy atom. The van der Waals surface area contributed by atoms with Crippen molar-refractivity contribution in [3.63, 3.8) is 0 Å². The largest absolute Gasteiger partial charge is 0.487 e. The van der Waals surface area contributed by atoms with E-state index in [-0.39, 0.29) is 29.3 Å². The van der Waals surface area contributed by atoms with Crippen LogP contribution in [-0.4, -0.2) is 23.7 Å². The lowest BCUT2D eigenvalue weighted by molar-refractivity contribution is -0.387. The average molecular weight is 280 g/mol. The summed E-state index contributed by atoms with van der Waals surface area (Å²) in [5.74, 6) is 0.492. The van der Waals surface area contributed by atoms with E-state index in [1.54, 1.807) is 18.2 Å². The van der Waals surface area contributed by atoms with Crippen molar-refractivity contribution in [3.8, 4) is 11.5 Å². The van der Waals surface area contributed by atoms with Crippen molar-refractivity contribution in [2.24, 2.45) is 5.73 Å². The molecule has 1 aliphatic rings. The maximum absolute atomic E-state index is 11.3. The molecule has 0 radical (unpaired) electrons. The zero-order valence-electron chi connectivity index (χ0n) is 11.6. The van der Waals surface area contributed by atoms with Crippen molar-refractivity contribution in [1.82, 2.24) is 0 Å². The summed E-state index contributed by atoms with van der Waals surface area (Å²) in [6.45, 7) is 2.39. The van der Waals surface area contributed by atoms with Crippen molar-refractivity contribution in [2.45, 2.75) is 44.8 Å². The third kappa shape index (κ3) is 3.19. The molecule has 1 saturated carbocycles. The van der Waals surface area contributed by atoms with Crippen LogP contribution in [0.1, 0.15) is 32.6 Å². The first kappa shape index (κ1) is 14.6. The summed E-state index contributed by atoms with van der Waals surface area (Å²) in [4.78, 5) is 10.8. The van der Waals surface area contributed by atoms with Gasteiger partial charge in [0.2, 0.25) is 11.5 Å². The van der Waals surface area contributed by atoms with Crippen LogP contribution in [0.2, 0.25) is 0 Å². The molecule has 2 N–H and O–H groups in total. The molecule has 0 saturated heterocycles. The van der Waals surface area contributed by atoms with Crippen molar-refractivity contribution in [1.29, 1.82) is 0 Å². The van der Waals surface area contributed by atoms with Crippen LogP contribution in [0.25, 0.3) is 0 Å². The molecule has 2 rings (SSSR count). The first-order valence-corrected chi connectivity index (χ1v) is 6.96. The van der Waals surface area contributed by atoms with Gasteiger partial charge < -0.3 is 15.2 Å². The number of nitrogens with two attached hydrogens (primary N) is 1. The Morgan fingerprint density at radius 3 is 2.75 bits per heavy atom. The molecule has 0 bridgehead atoms. The van der Waals surface area contributed by atoms with E-state index in [4.69, 9.17) is 15.2 Å². The lowest BCUT2D eigenvalue weighted by Crippen LogP contribution is -2.33. The fourth-order valence-corrected chi connectivity index (χ4v) is 2.37. The molecular weight excluding hydrogens is 260 g/mol. The average Bonchev–Trinajstić information content (AvgIpc) is 2.81. The highest BCUT2D eigenvalue weighted by atomic mass is 16.6. The van der Waals surface area contributed by atoms with Crippen LogP contribution in [-0.2, 0) is 0 Å². The molecule has 0 aliphatic heterocycles. The number of nitro groups is 1. The number of para-hydroxylation sites is 1. The van der Waals surface area contributed by atoms with Crippen LogP contribution in [0.3, 0.4) is 0 Å². The van der Waals surface area contributed by atoms with Gasteiger partial charge in [0.1, 0.15) is 6.10 Å². The van der Waals surface area contributed by atoms with E-state index in [2.05, 4.69) is 0 Å². The molecule has 1 aliphatic carbocycles. The van der Waals surface area contributed by atoms with Gasteiger partial charge >= 0.3 is 5.69 Å². The quantitative estimate of drug-likeness (QED) is 0.639. The zero-order valence-corrected chi connectivity index (χ0v) is 11.6.